The molecule has 0 heterocycles. The van der Waals surface area contributed by atoms with Gasteiger partial charge in [0.05, 0.1) is 21.7 Å². The van der Waals surface area contributed by atoms with Crippen LogP contribution in [0.25, 0.3) is 0 Å². The first-order valence-electron chi connectivity index (χ1n) is 3.47. The molecule has 0 radical (unpaired) electrons. The van der Waals surface area contributed by atoms with Gasteiger partial charge in [-0.25, -0.2) is 4.39 Å². The van der Waals surface area contributed by atoms with Gasteiger partial charge in [-0.05, 0) is 28.1 Å². The zero-order valence-corrected chi connectivity index (χ0v) is 8.91. The third-order valence-electron chi connectivity index (χ3n) is 1.39. The van der Waals surface area contributed by atoms with Crippen molar-refractivity contribution in [3.05, 3.63) is 27.4 Å². The number of halogens is 3. The maximum absolute atomic E-state index is 13.0. The highest BCUT2D eigenvalue weighted by molar-refractivity contribution is 9.10. The summed E-state index contributed by atoms with van der Waals surface area (Å²) in [5, 5.41) is 3.24. The normalized spacial score (nSPS) is 9.38. The predicted molar refractivity (Wildman–Crippen MR) is 56.4 cm³/mol. The van der Waals surface area contributed by atoms with Crippen LogP contribution in [0, 0.1) is 18.2 Å². The second-order valence-electron chi connectivity index (χ2n) is 2.30. The zero-order valence-electron chi connectivity index (χ0n) is 6.57. The van der Waals surface area contributed by atoms with Crippen molar-refractivity contribution in [2.75, 3.05) is 11.9 Å². The van der Waals surface area contributed by atoms with Gasteiger partial charge in [-0.2, -0.15) is 0 Å². The number of terminal acetylenes is 1. The number of rotatable bonds is 2. The Bertz CT molecular complexity index is 359. The van der Waals surface area contributed by atoms with Gasteiger partial charge in [0.1, 0.15) is 5.82 Å². The molecule has 1 N–H and O–H groups in total. The van der Waals surface area contributed by atoms with E-state index in [1.54, 1.807) is 0 Å². The fraction of sp³-hybridized carbons (Fsp3) is 0.111. The van der Waals surface area contributed by atoms with Crippen molar-refractivity contribution in [2.45, 2.75) is 0 Å². The minimum absolute atomic E-state index is 0.320. The number of nitrogens with one attached hydrogen (secondary N) is 1. The summed E-state index contributed by atoms with van der Waals surface area (Å²) in [4.78, 5) is 0. The molecular weight excluding hydrogens is 256 g/mol. The molecule has 0 atom stereocenters. The van der Waals surface area contributed by atoms with Crippen LogP contribution in [-0.4, -0.2) is 6.54 Å². The van der Waals surface area contributed by atoms with Crippen LogP contribution in [0.4, 0.5) is 10.1 Å². The molecule has 0 spiro atoms. The summed E-state index contributed by atoms with van der Waals surface area (Å²) in [6.07, 6.45) is 5.04. The van der Waals surface area contributed by atoms with Crippen molar-refractivity contribution < 1.29 is 4.39 Å². The number of hydrogen-bond donors (Lipinski definition) is 1. The summed E-state index contributed by atoms with van der Waals surface area (Å²) in [6.45, 7) is 0.320. The Kier molecular flexibility index (Phi) is 3.58. The number of anilines is 1. The molecule has 13 heavy (non-hydrogen) atoms. The molecule has 0 unspecified atom stereocenters. The van der Waals surface area contributed by atoms with Crippen LogP contribution in [0.15, 0.2) is 16.6 Å². The highest BCUT2D eigenvalue weighted by Crippen LogP contribution is 2.28. The molecule has 1 nitrogen and oxygen atoms in total. The lowest BCUT2D eigenvalue weighted by Gasteiger charge is -2.05. The topological polar surface area (TPSA) is 12.0 Å². The van der Waals surface area contributed by atoms with Gasteiger partial charge in [0.25, 0.3) is 0 Å². The summed E-state index contributed by atoms with van der Waals surface area (Å²) in [5.74, 6) is 2.00. The fourth-order valence-electron chi connectivity index (χ4n) is 0.804. The summed E-state index contributed by atoms with van der Waals surface area (Å²) in [5.41, 5.74) is 0.500. The zero-order chi connectivity index (χ0) is 9.84. The Morgan fingerprint density at radius 2 is 2.31 bits per heavy atom. The van der Waals surface area contributed by atoms with Crippen molar-refractivity contribution >= 4 is 33.2 Å². The second kappa shape index (κ2) is 4.50. The third kappa shape index (κ3) is 2.61. The van der Waals surface area contributed by atoms with E-state index in [1.165, 1.54) is 12.1 Å². The lowest BCUT2D eigenvalue weighted by molar-refractivity contribution is 0.621. The van der Waals surface area contributed by atoms with E-state index in [2.05, 4.69) is 27.2 Å². The Labute approximate surface area is 89.4 Å². The molecule has 4 heteroatoms. The average molecular weight is 263 g/mol. The summed E-state index contributed by atoms with van der Waals surface area (Å²) in [7, 11) is 0. The molecule has 68 valence electrons. The van der Waals surface area contributed by atoms with Crippen molar-refractivity contribution in [1.29, 1.82) is 0 Å². The van der Waals surface area contributed by atoms with Gasteiger partial charge in [-0.3, -0.25) is 0 Å². The van der Waals surface area contributed by atoms with E-state index in [0.29, 0.717) is 21.7 Å². The maximum Gasteiger partial charge on any atom is 0.139 e. The molecule has 0 aliphatic carbocycles. The average Bonchev–Trinajstić information content (AvgIpc) is 2.09. The van der Waals surface area contributed by atoms with E-state index in [-0.39, 0.29) is 5.82 Å². The molecule has 1 aromatic rings. The molecular formula is C9H6BrClFN. The molecule has 0 saturated carbocycles. The van der Waals surface area contributed by atoms with E-state index in [4.69, 9.17) is 18.0 Å². The van der Waals surface area contributed by atoms with Crippen molar-refractivity contribution in [3.8, 4) is 12.3 Å². The largest absolute Gasteiger partial charge is 0.373 e. The van der Waals surface area contributed by atoms with Gasteiger partial charge in [-0.1, -0.05) is 17.5 Å². The molecule has 0 aromatic heterocycles. The lowest BCUT2D eigenvalue weighted by atomic mass is 10.3. The summed E-state index contributed by atoms with van der Waals surface area (Å²) >= 11 is 8.83. The first-order chi connectivity index (χ1) is 6.15. The lowest BCUT2D eigenvalue weighted by Crippen LogP contribution is -1.99. The minimum Gasteiger partial charge on any atom is -0.373 e. The highest BCUT2D eigenvalue weighted by Gasteiger charge is 2.05. The number of benzene rings is 1. The SMILES string of the molecule is C#CCNc1cc(F)c(Br)cc1Cl. The highest BCUT2D eigenvalue weighted by atomic mass is 79.9. The molecule has 1 aromatic carbocycles. The first kappa shape index (κ1) is 10.4. The van der Waals surface area contributed by atoms with Gasteiger partial charge < -0.3 is 5.32 Å². The predicted octanol–water partition coefficient (Wildman–Crippen LogP) is 3.29. The Morgan fingerprint density at radius 3 is 2.92 bits per heavy atom. The smallest absolute Gasteiger partial charge is 0.139 e. The van der Waals surface area contributed by atoms with Crippen molar-refractivity contribution in [2.24, 2.45) is 0 Å². The Morgan fingerprint density at radius 1 is 1.62 bits per heavy atom. The van der Waals surface area contributed by atoms with Crippen LogP contribution in [0.2, 0.25) is 5.02 Å². The third-order valence-corrected chi connectivity index (χ3v) is 2.31. The van der Waals surface area contributed by atoms with Crippen LogP contribution in [0.5, 0.6) is 0 Å². The maximum atomic E-state index is 13.0. The summed E-state index contributed by atoms with van der Waals surface area (Å²) in [6, 6.07) is 2.78. The molecule has 0 amide bonds. The van der Waals surface area contributed by atoms with E-state index >= 15 is 0 Å². The quantitative estimate of drug-likeness (QED) is 0.637. The Hall–Kier alpha value is -0.720. The van der Waals surface area contributed by atoms with Gasteiger partial charge in [0, 0.05) is 0 Å². The van der Waals surface area contributed by atoms with E-state index < -0.39 is 0 Å². The van der Waals surface area contributed by atoms with Crippen LogP contribution < -0.4 is 5.32 Å². The van der Waals surface area contributed by atoms with Crippen LogP contribution in [0.1, 0.15) is 0 Å². The summed E-state index contributed by atoms with van der Waals surface area (Å²) < 4.78 is 13.3. The van der Waals surface area contributed by atoms with Gasteiger partial charge in [0.15, 0.2) is 0 Å². The van der Waals surface area contributed by atoms with Crippen molar-refractivity contribution in [1.82, 2.24) is 0 Å². The molecule has 0 aliphatic heterocycles. The van der Waals surface area contributed by atoms with Crippen LogP contribution in [-0.2, 0) is 0 Å². The Balaban J connectivity index is 2.96. The molecule has 1 rings (SSSR count). The van der Waals surface area contributed by atoms with E-state index in [1.807, 2.05) is 0 Å². The van der Waals surface area contributed by atoms with Gasteiger partial charge in [-0.15, -0.1) is 6.42 Å². The molecule has 0 aliphatic rings. The first-order valence-corrected chi connectivity index (χ1v) is 4.64. The minimum atomic E-state index is -0.371. The fourth-order valence-corrected chi connectivity index (χ4v) is 1.51. The number of hydrogen-bond acceptors (Lipinski definition) is 1. The van der Waals surface area contributed by atoms with Crippen LogP contribution in [0.3, 0.4) is 0 Å². The second-order valence-corrected chi connectivity index (χ2v) is 3.57. The van der Waals surface area contributed by atoms with E-state index in [0.717, 1.165) is 0 Å². The van der Waals surface area contributed by atoms with Gasteiger partial charge in [0.2, 0.25) is 0 Å². The molecule has 0 bridgehead atoms. The monoisotopic (exact) mass is 261 g/mol. The van der Waals surface area contributed by atoms with E-state index in [9.17, 15) is 4.39 Å². The van der Waals surface area contributed by atoms with Crippen LogP contribution >= 0.6 is 27.5 Å². The van der Waals surface area contributed by atoms with Crippen molar-refractivity contribution in [3.63, 3.8) is 0 Å². The standard InChI is InChI=1S/C9H6BrClFN/c1-2-3-13-9-5-8(12)6(10)4-7(9)11/h1,4-5,13H,3H2. The van der Waals surface area contributed by atoms with Gasteiger partial charge >= 0.3 is 0 Å². The molecule has 0 fully saturated rings. The molecule has 0 saturated heterocycles.